The molecular formula is C24H23N3O4S. The molecule has 0 aliphatic heterocycles. The van der Waals surface area contributed by atoms with Gasteiger partial charge < -0.3 is 10.1 Å². The lowest BCUT2D eigenvalue weighted by molar-refractivity contribution is -0.118. The van der Waals surface area contributed by atoms with E-state index in [4.69, 9.17) is 10.00 Å². The van der Waals surface area contributed by atoms with Crippen LogP contribution >= 0.6 is 0 Å². The molecule has 1 amide bonds. The fraction of sp³-hybridized carbons (Fsp3) is 0.167. The van der Waals surface area contributed by atoms with E-state index in [1.165, 1.54) is 6.07 Å². The third-order valence-electron chi connectivity index (χ3n) is 4.74. The average molecular weight is 450 g/mol. The van der Waals surface area contributed by atoms with E-state index in [1.807, 2.05) is 32.0 Å². The van der Waals surface area contributed by atoms with E-state index < -0.39 is 15.9 Å². The Morgan fingerprint density at radius 1 is 0.969 bits per heavy atom. The quantitative estimate of drug-likeness (QED) is 0.559. The number of aryl methyl sites for hydroxylation is 3. The highest BCUT2D eigenvalue weighted by Crippen LogP contribution is 2.25. The normalized spacial score (nSPS) is 10.8. The van der Waals surface area contributed by atoms with Gasteiger partial charge in [0, 0.05) is 5.69 Å². The number of amides is 1. The Morgan fingerprint density at radius 3 is 2.34 bits per heavy atom. The summed E-state index contributed by atoms with van der Waals surface area (Å²) in [4.78, 5) is 12.3. The zero-order chi connectivity index (χ0) is 23.3. The van der Waals surface area contributed by atoms with Crippen molar-refractivity contribution in [2.75, 3.05) is 16.6 Å². The second-order valence-electron chi connectivity index (χ2n) is 7.38. The smallest absolute Gasteiger partial charge is 0.262 e. The van der Waals surface area contributed by atoms with Crippen LogP contribution in [-0.2, 0) is 14.8 Å². The number of nitrogens with one attached hydrogen (secondary N) is 2. The molecule has 164 valence electrons. The molecule has 0 unspecified atom stereocenters. The molecule has 0 radical (unpaired) electrons. The van der Waals surface area contributed by atoms with Gasteiger partial charge in [0.1, 0.15) is 5.75 Å². The predicted octanol–water partition coefficient (Wildman–Crippen LogP) is 4.30. The summed E-state index contributed by atoms with van der Waals surface area (Å²) >= 11 is 0. The lowest BCUT2D eigenvalue weighted by Crippen LogP contribution is -2.21. The predicted molar refractivity (Wildman–Crippen MR) is 123 cm³/mol. The van der Waals surface area contributed by atoms with Crippen molar-refractivity contribution in [3.63, 3.8) is 0 Å². The van der Waals surface area contributed by atoms with Gasteiger partial charge in [0.15, 0.2) is 6.61 Å². The van der Waals surface area contributed by atoms with Gasteiger partial charge in [-0.05, 0) is 74.4 Å². The molecular weight excluding hydrogens is 426 g/mol. The first-order valence-corrected chi connectivity index (χ1v) is 11.3. The highest BCUT2D eigenvalue weighted by molar-refractivity contribution is 7.92. The topological polar surface area (TPSA) is 108 Å². The summed E-state index contributed by atoms with van der Waals surface area (Å²) in [6.45, 7) is 5.20. The number of hydrogen-bond acceptors (Lipinski definition) is 5. The minimum absolute atomic E-state index is 0.0725. The van der Waals surface area contributed by atoms with Crippen LogP contribution in [0.2, 0.25) is 0 Å². The molecule has 0 heterocycles. The molecule has 0 spiro atoms. The number of nitriles is 1. The summed E-state index contributed by atoms with van der Waals surface area (Å²) in [5.41, 5.74) is 3.73. The zero-order valence-corrected chi connectivity index (χ0v) is 18.8. The Bertz CT molecular complexity index is 1290. The molecule has 0 aromatic heterocycles. The molecule has 0 saturated heterocycles. The van der Waals surface area contributed by atoms with Gasteiger partial charge in [-0.15, -0.1) is 0 Å². The van der Waals surface area contributed by atoms with Crippen molar-refractivity contribution in [2.45, 2.75) is 25.7 Å². The molecule has 0 saturated carbocycles. The third-order valence-corrected chi connectivity index (χ3v) is 6.25. The summed E-state index contributed by atoms with van der Waals surface area (Å²) in [7, 11) is -3.86. The number of carbonyl (C=O) groups excluding carboxylic acids is 1. The van der Waals surface area contributed by atoms with E-state index in [2.05, 4.69) is 10.0 Å². The standard InChI is InChI=1S/C24H23N3O4S/c1-16-4-11-22(18(3)12-16)27-32(29,30)23-13-20(8-5-17(23)2)26-24(28)15-31-21-9-6-19(14-25)7-10-21/h4-13,27H,15H2,1-3H3,(H,26,28). The van der Waals surface area contributed by atoms with Gasteiger partial charge in [-0.2, -0.15) is 5.26 Å². The average Bonchev–Trinajstić information content (AvgIpc) is 2.76. The minimum Gasteiger partial charge on any atom is -0.484 e. The number of anilines is 2. The number of sulfonamides is 1. The van der Waals surface area contributed by atoms with Crippen LogP contribution in [-0.4, -0.2) is 20.9 Å². The molecule has 8 heteroatoms. The maximum absolute atomic E-state index is 13.0. The van der Waals surface area contributed by atoms with Crippen molar-refractivity contribution in [1.82, 2.24) is 0 Å². The summed E-state index contributed by atoms with van der Waals surface area (Å²) in [6, 6.07) is 18.5. The highest BCUT2D eigenvalue weighted by atomic mass is 32.2. The fourth-order valence-electron chi connectivity index (χ4n) is 3.07. The Balaban J connectivity index is 1.71. The third kappa shape index (κ3) is 5.65. The second-order valence-corrected chi connectivity index (χ2v) is 9.03. The Labute approximate surface area is 187 Å². The monoisotopic (exact) mass is 449 g/mol. The summed E-state index contributed by atoms with van der Waals surface area (Å²) in [5, 5.41) is 11.5. The van der Waals surface area contributed by atoms with Crippen molar-refractivity contribution < 1.29 is 17.9 Å². The van der Waals surface area contributed by atoms with E-state index in [1.54, 1.807) is 49.4 Å². The number of carbonyl (C=O) groups is 1. The first-order valence-electron chi connectivity index (χ1n) is 9.81. The van der Waals surface area contributed by atoms with E-state index in [0.717, 1.165) is 11.1 Å². The SMILES string of the molecule is Cc1ccc(NS(=O)(=O)c2cc(NC(=O)COc3ccc(C#N)cc3)ccc2C)c(C)c1. The molecule has 3 rings (SSSR count). The second kappa shape index (κ2) is 9.54. The van der Waals surface area contributed by atoms with Crippen LogP contribution in [0.5, 0.6) is 5.75 Å². The largest absolute Gasteiger partial charge is 0.484 e. The molecule has 0 aliphatic rings. The maximum atomic E-state index is 13.0. The van der Waals surface area contributed by atoms with Crippen LogP contribution in [0.4, 0.5) is 11.4 Å². The van der Waals surface area contributed by atoms with Gasteiger partial charge in [0.05, 0.1) is 22.2 Å². The van der Waals surface area contributed by atoms with E-state index >= 15 is 0 Å². The van der Waals surface area contributed by atoms with Gasteiger partial charge in [0.2, 0.25) is 0 Å². The van der Waals surface area contributed by atoms with Crippen LogP contribution in [0.1, 0.15) is 22.3 Å². The van der Waals surface area contributed by atoms with E-state index in [9.17, 15) is 13.2 Å². The van der Waals surface area contributed by atoms with Crippen molar-refractivity contribution in [3.8, 4) is 11.8 Å². The Kier molecular flexibility index (Phi) is 6.81. The van der Waals surface area contributed by atoms with Gasteiger partial charge >= 0.3 is 0 Å². The first-order chi connectivity index (χ1) is 15.2. The number of benzene rings is 3. The van der Waals surface area contributed by atoms with Crippen LogP contribution in [0.25, 0.3) is 0 Å². The summed E-state index contributed by atoms with van der Waals surface area (Å²) in [6.07, 6.45) is 0. The molecule has 32 heavy (non-hydrogen) atoms. The molecule has 0 fully saturated rings. The van der Waals surface area contributed by atoms with Gasteiger partial charge in [0.25, 0.3) is 15.9 Å². The Morgan fingerprint density at radius 2 is 1.69 bits per heavy atom. The highest BCUT2D eigenvalue weighted by Gasteiger charge is 2.19. The molecule has 7 nitrogen and oxygen atoms in total. The molecule has 0 bridgehead atoms. The lowest BCUT2D eigenvalue weighted by atomic mass is 10.1. The molecule has 3 aromatic rings. The summed E-state index contributed by atoms with van der Waals surface area (Å²) < 4.78 is 34.0. The minimum atomic E-state index is -3.86. The van der Waals surface area contributed by atoms with Crippen molar-refractivity contribution >= 4 is 27.3 Å². The number of hydrogen-bond donors (Lipinski definition) is 2. The first kappa shape index (κ1) is 22.8. The molecule has 2 N–H and O–H groups in total. The number of rotatable bonds is 7. The van der Waals surface area contributed by atoms with E-state index in [0.29, 0.717) is 28.3 Å². The van der Waals surface area contributed by atoms with Crippen LogP contribution in [0.3, 0.4) is 0 Å². The number of nitrogens with zero attached hydrogens (tertiary/aromatic N) is 1. The van der Waals surface area contributed by atoms with Crippen LogP contribution in [0.15, 0.2) is 65.6 Å². The van der Waals surface area contributed by atoms with Gasteiger partial charge in [-0.3, -0.25) is 9.52 Å². The summed E-state index contributed by atoms with van der Waals surface area (Å²) in [5.74, 6) is 0.00731. The molecule has 0 atom stereocenters. The zero-order valence-electron chi connectivity index (χ0n) is 18.0. The fourth-order valence-corrected chi connectivity index (χ4v) is 4.47. The van der Waals surface area contributed by atoms with E-state index in [-0.39, 0.29) is 11.5 Å². The van der Waals surface area contributed by atoms with Crippen LogP contribution in [0, 0.1) is 32.1 Å². The van der Waals surface area contributed by atoms with Crippen molar-refractivity contribution in [2.24, 2.45) is 0 Å². The molecule has 0 aliphatic carbocycles. The lowest BCUT2D eigenvalue weighted by Gasteiger charge is -2.14. The number of ether oxygens (including phenoxy) is 1. The molecule has 3 aromatic carbocycles. The van der Waals surface area contributed by atoms with Crippen molar-refractivity contribution in [3.05, 3.63) is 82.9 Å². The van der Waals surface area contributed by atoms with Crippen LogP contribution < -0.4 is 14.8 Å². The van der Waals surface area contributed by atoms with Gasteiger partial charge in [-0.25, -0.2) is 8.42 Å². The van der Waals surface area contributed by atoms with Crippen molar-refractivity contribution in [1.29, 1.82) is 5.26 Å². The maximum Gasteiger partial charge on any atom is 0.262 e. The van der Waals surface area contributed by atoms with Gasteiger partial charge in [-0.1, -0.05) is 23.8 Å². The Hall–Kier alpha value is -3.83.